The summed E-state index contributed by atoms with van der Waals surface area (Å²) >= 11 is 0. The second kappa shape index (κ2) is 5.73. The minimum atomic E-state index is -2.48. The number of carbonyl (C=O) groups excluding carboxylic acids is 2. The van der Waals surface area contributed by atoms with Gasteiger partial charge >= 0.3 is 5.97 Å². The van der Waals surface area contributed by atoms with Gasteiger partial charge < -0.3 is 4.74 Å². The maximum absolute atomic E-state index is 13.6. The maximum Gasteiger partial charge on any atom is 0.351 e. The van der Waals surface area contributed by atoms with Gasteiger partial charge in [0.05, 0.1) is 6.61 Å². The van der Waals surface area contributed by atoms with Gasteiger partial charge in [0.25, 0.3) is 5.67 Å². The molecule has 0 aromatic carbocycles. The predicted molar refractivity (Wildman–Crippen MR) is 50.7 cm³/mol. The number of hydrogen-bond donors (Lipinski definition) is 0. The van der Waals surface area contributed by atoms with Crippen LogP contribution in [0.4, 0.5) is 4.39 Å². The zero-order valence-corrected chi connectivity index (χ0v) is 8.93. The average molecular weight is 204 g/mol. The van der Waals surface area contributed by atoms with Crippen LogP contribution >= 0.6 is 0 Å². The molecule has 0 aliphatic heterocycles. The van der Waals surface area contributed by atoms with Crippen LogP contribution in [0.15, 0.2) is 0 Å². The van der Waals surface area contributed by atoms with Crippen LogP contribution in [-0.2, 0) is 14.3 Å². The van der Waals surface area contributed by atoms with E-state index in [4.69, 9.17) is 0 Å². The first-order chi connectivity index (χ1) is 6.46. The number of carbonyl (C=O) groups is 2. The van der Waals surface area contributed by atoms with Gasteiger partial charge in [0.1, 0.15) is 0 Å². The van der Waals surface area contributed by atoms with Crippen LogP contribution in [0, 0.1) is 0 Å². The van der Waals surface area contributed by atoms with Crippen molar-refractivity contribution in [2.24, 2.45) is 0 Å². The fourth-order valence-electron chi connectivity index (χ4n) is 0.953. The molecule has 0 rings (SSSR count). The Bertz CT molecular complexity index is 211. The molecule has 0 saturated carbocycles. The van der Waals surface area contributed by atoms with Gasteiger partial charge in [-0.05, 0) is 20.3 Å². The molecule has 0 amide bonds. The quantitative estimate of drug-likeness (QED) is 0.491. The standard InChI is InChI=1S/C10H17FO3/c1-4-6-7-8(12)10(3,11)9(13)14-5-2/h4-7H2,1-3H3/t10-/m1/s1. The molecule has 0 saturated heterocycles. The minimum absolute atomic E-state index is 0.0827. The van der Waals surface area contributed by atoms with E-state index in [1.807, 2.05) is 6.92 Å². The van der Waals surface area contributed by atoms with E-state index in [2.05, 4.69) is 4.74 Å². The Kier molecular flexibility index (Phi) is 5.35. The van der Waals surface area contributed by atoms with Crippen molar-refractivity contribution in [3.63, 3.8) is 0 Å². The maximum atomic E-state index is 13.6. The molecule has 14 heavy (non-hydrogen) atoms. The third-order valence-corrected chi connectivity index (χ3v) is 1.94. The molecule has 0 aliphatic carbocycles. The van der Waals surface area contributed by atoms with Gasteiger partial charge in [-0.25, -0.2) is 9.18 Å². The second-order valence-electron chi connectivity index (χ2n) is 3.25. The van der Waals surface area contributed by atoms with Crippen LogP contribution < -0.4 is 0 Å². The Morgan fingerprint density at radius 1 is 1.36 bits per heavy atom. The molecule has 0 spiro atoms. The van der Waals surface area contributed by atoms with E-state index in [0.717, 1.165) is 13.3 Å². The Balaban J connectivity index is 4.28. The number of alkyl halides is 1. The first-order valence-corrected chi connectivity index (χ1v) is 4.86. The number of Topliss-reactive ketones (excluding diaryl/α,β-unsaturated/α-hetero) is 1. The van der Waals surface area contributed by atoms with E-state index in [0.29, 0.717) is 6.42 Å². The smallest absolute Gasteiger partial charge is 0.351 e. The molecule has 0 heterocycles. The van der Waals surface area contributed by atoms with Gasteiger partial charge in [0.15, 0.2) is 5.78 Å². The summed E-state index contributed by atoms with van der Waals surface area (Å²) in [5, 5.41) is 0. The van der Waals surface area contributed by atoms with E-state index < -0.39 is 17.4 Å². The van der Waals surface area contributed by atoms with Gasteiger partial charge in [-0.2, -0.15) is 0 Å². The summed E-state index contributed by atoms with van der Waals surface area (Å²) in [6, 6.07) is 0. The average Bonchev–Trinajstić information content (AvgIpc) is 2.14. The summed E-state index contributed by atoms with van der Waals surface area (Å²) in [5.74, 6) is -1.78. The number of ether oxygens (including phenoxy) is 1. The zero-order chi connectivity index (χ0) is 11.2. The summed E-state index contributed by atoms with van der Waals surface area (Å²) in [6.07, 6.45) is 1.48. The Morgan fingerprint density at radius 2 is 1.93 bits per heavy atom. The summed E-state index contributed by atoms with van der Waals surface area (Å²) in [5.41, 5.74) is -2.48. The van der Waals surface area contributed by atoms with Gasteiger partial charge in [-0.15, -0.1) is 0 Å². The highest BCUT2D eigenvalue weighted by Crippen LogP contribution is 2.17. The van der Waals surface area contributed by atoms with Gasteiger partial charge in [-0.3, -0.25) is 4.79 Å². The van der Waals surface area contributed by atoms with Crippen molar-refractivity contribution in [1.29, 1.82) is 0 Å². The number of esters is 1. The first kappa shape index (κ1) is 13.1. The molecule has 1 atom stereocenters. The topological polar surface area (TPSA) is 43.4 Å². The summed E-state index contributed by atoms with van der Waals surface area (Å²) in [4.78, 5) is 22.3. The highest BCUT2D eigenvalue weighted by molar-refractivity contribution is 6.06. The summed E-state index contributed by atoms with van der Waals surface area (Å²) < 4.78 is 18.0. The van der Waals surface area contributed by atoms with Crippen molar-refractivity contribution in [1.82, 2.24) is 0 Å². The number of halogens is 1. The number of ketones is 1. The highest BCUT2D eigenvalue weighted by atomic mass is 19.1. The van der Waals surface area contributed by atoms with Crippen LogP contribution in [0.3, 0.4) is 0 Å². The molecule has 0 fully saturated rings. The molecule has 82 valence electrons. The van der Waals surface area contributed by atoms with E-state index >= 15 is 0 Å². The minimum Gasteiger partial charge on any atom is -0.463 e. The molecule has 0 N–H and O–H groups in total. The van der Waals surface area contributed by atoms with Gasteiger partial charge in [-0.1, -0.05) is 13.3 Å². The van der Waals surface area contributed by atoms with E-state index in [1.54, 1.807) is 6.92 Å². The monoisotopic (exact) mass is 204 g/mol. The van der Waals surface area contributed by atoms with Crippen LogP contribution in [0.25, 0.3) is 0 Å². The van der Waals surface area contributed by atoms with Crippen LogP contribution in [0.1, 0.15) is 40.0 Å². The van der Waals surface area contributed by atoms with Crippen LogP contribution in [0.5, 0.6) is 0 Å². The predicted octanol–water partition coefficient (Wildman–Crippen LogP) is 2.04. The SMILES string of the molecule is CCCCC(=O)[C@@](C)(F)C(=O)OCC. The van der Waals surface area contributed by atoms with Crippen molar-refractivity contribution in [2.45, 2.75) is 45.7 Å². The van der Waals surface area contributed by atoms with Gasteiger partial charge in [0.2, 0.25) is 0 Å². The first-order valence-electron chi connectivity index (χ1n) is 4.86. The molecule has 0 bridgehead atoms. The fraction of sp³-hybridized carbons (Fsp3) is 0.800. The van der Waals surface area contributed by atoms with Crippen molar-refractivity contribution >= 4 is 11.8 Å². The van der Waals surface area contributed by atoms with E-state index in [1.165, 1.54) is 0 Å². The molecule has 4 heteroatoms. The third-order valence-electron chi connectivity index (χ3n) is 1.94. The highest BCUT2D eigenvalue weighted by Gasteiger charge is 2.41. The molecular weight excluding hydrogens is 187 g/mol. The molecule has 0 aromatic heterocycles. The molecule has 0 aliphatic rings. The molecular formula is C10H17FO3. The molecule has 0 radical (unpaired) electrons. The lowest BCUT2D eigenvalue weighted by molar-refractivity contribution is -0.161. The van der Waals surface area contributed by atoms with Crippen LogP contribution in [0.2, 0.25) is 0 Å². The Labute approximate surface area is 83.6 Å². The van der Waals surface area contributed by atoms with Crippen molar-refractivity contribution < 1.29 is 18.7 Å². The molecule has 0 aromatic rings. The Hall–Kier alpha value is -0.930. The van der Waals surface area contributed by atoms with Crippen molar-refractivity contribution in [3.8, 4) is 0 Å². The third kappa shape index (κ3) is 3.44. The molecule has 3 nitrogen and oxygen atoms in total. The second-order valence-corrected chi connectivity index (χ2v) is 3.25. The lowest BCUT2D eigenvalue weighted by atomic mass is 9.99. The largest absolute Gasteiger partial charge is 0.463 e. The summed E-state index contributed by atoms with van der Waals surface area (Å²) in [6.45, 7) is 4.51. The lowest BCUT2D eigenvalue weighted by Crippen LogP contribution is -2.40. The molecule has 0 unspecified atom stereocenters. The zero-order valence-electron chi connectivity index (χ0n) is 8.93. The van der Waals surface area contributed by atoms with E-state index in [-0.39, 0.29) is 13.0 Å². The van der Waals surface area contributed by atoms with Crippen molar-refractivity contribution in [2.75, 3.05) is 6.61 Å². The normalized spacial score (nSPS) is 14.6. The number of unbranched alkanes of at least 4 members (excludes halogenated alkanes) is 1. The van der Waals surface area contributed by atoms with E-state index in [9.17, 15) is 14.0 Å². The number of hydrogen-bond acceptors (Lipinski definition) is 3. The lowest BCUT2D eigenvalue weighted by Gasteiger charge is -2.16. The fourth-order valence-corrected chi connectivity index (χ4v) is 0.953. The number of rotatable bonds is 6. The summed E-state index contributed by atoms with van der Waals surface area (Å²) in [7, 11) is 0. The van der Waals surface area contributed by atoms with Crippen molar-refractivity contribution in [3.05, 3.63) is 0 Å². The van der Waals surface area contributed by atoms with Crippen LogP contribution in [-0.4, -0.2) is 24.0 Å². The van der Waals surface area contributed by atoms with Gasteiger partial charge in [0, 0.05) is 6.42 Å². The Morgan fingerprint density at radius 3 is 2.36 bits per heavy atom.